The Morgan fingerprint density at radius 2 is 2.15 bits per heavy atom. The first-order chi connectivity index (χ1) is 16.2. The number of hydrogen-bond acceptors (Lipinski definition) is 6. The zero-order chi connectivity index (χ0) is 24.8. The van der Waals surface area contributed by atoms with Gasteiger partial charge in [-0.2, -0.15) is 0 Å². The number of amides is 2. The summed E-state index contributed by atoms with van der Waals surface area (Å²) in [6.07, 6.45) is 3.12. The molecule has 1 spiro atoms. The van der Waals surface area contributed by atoms with Crippen molar-refractivity contribution in [1.82, 2.24) is 4.90 Å². The van der Waals surface area contributed by atoms with Crippen molar-refractivity contribution in [1.29, 1.82) is 0 Å². The van der Waals surface area contributed by atoms with Gasteiger partial charge in [-0.25, -0.2) is 0 Å². The first kappa shape index (κ1) is 24.8. The predicted molar refractivity (Wildman–Crippen MR) is 133 cm³/mol. The van der Waals surface area contributed by atoms with Crippen LogP contribution in [0.25, 0.3) is 0 Å². The molecule has 3 aliphatic rings. The van der Waals surface area contributed by atoms with E-state index in [2.05, 4.69) is 6.58 Å². The topological polar surface area (TPSA) is 87.2 Å². The van der Waals surface area contributed by atoms with Crippen molar-refractivity contribution >= 4 is 35.2 Å². The van der Waals surface area contributed by atoms with E-state index < -0.39 is 28.7 Å². The fraction of sp³-hybridized carbons (Fsp3) is 0.577. The fourth-order valence-electron chi connectivity index (χ4n) is 6.03. The third kappa shape index (κ3) is 3.66. The van der Waals surface area contributed by atoms with Crippen LogP contribution in [0.1, 0.15) is 37.8 Å². The Bertz CT molecular complexity index is 1010. The summed E-state index contributed by atoms with van der Waals surface area (Å²) in [6.45, 7) is 11.6. The van der Waals surface area contributed by atoms with Gasteiger partial charge < -0.3 is 19.6 Å². The average Bonchev–Trinajstić information content (AvgIpc) is 3.46. The number of ether oxygens (including phenoxy) is 1. The van der Waals surface area contributed by atoms with Crippen LogP contribution in [0, 0.1) is 25.7 Å². The molecule has 8 heteroatoms. The molecule has 6 atom stereocenters. The van der Waals surface area contributed by atoms with Gasteiger partial charge in [-0.1, -0.05) is 18.2 Å². The second kappa shape index (κ2) is 9.38. The van der Waals surface area contributed by atoms with Crippen LogP contribution in [0.4, 0.5) is 5.69 Å². The zero-order valence-electron chi connectivity index (χ0n) is 20.3. The molecule has 1 aromatic rings. The highest BCUT2D eigenvalue weighted by Crippen LogP contribution is 2.67. The molecule has 3 heterocycles. The number of aryl methyl sites for hydroxylation is 2. The van der Waals surface area contributed by atoms with E-state index in [1.807, 2.05) is 32.0 Å². The molecule has 3 aliphatic heterocycles. The lowest BCUT2D eigenvalue weighted by atomic mass is 9.71. The third-order valence-corrected chi connectivity index (χ3v) is 9.45. The van der Waals surface area contributed by atoms with Gasteiger partial charge in [-0.05, 0) is 57.7 Å². The maximum atomic E-state index is 14.4. The molecule has 1 N–H and O–H groups in total. The third-order valence-electron chi connectivity index (χ3n) is 7.50. The van der Waals surface area contributed by atoms with E-state index in [1.165, 1.54) is 0 Å². The van der Waals surface area contributed by atoms with Gasteiger partial charge in [0.05, 0.1) is 35.8 Å². The number of carbonyl (C=O) groups is 3. The summed E-state index contributed by atoms with van der Waals surface area (Å²) in [4.78, 5) is 44.4. The van der Waals surface area contributed by atoms with Gasteiger partial charge >= 0.3 is 5.97 Å². The van der Waals surface area contributed by atoms with Gasteiger partial charge in [0, 0.05) is 17.5 Å². The van der Waals surface area contributed by atoms with Gasteiger partial charge in [0.25, 0.3) is 5.91 Å². The minimum absolute atomic E-state index is 0.0385. The van der Waals surface area contributed by atoms with E-state index in [1.54, 1.807) is 41.5 Å². The molecule has 2 unspecified atom stereocenters. The van der Waals surface area contributed by atoms with Crippen LogP contribution in [0.5, 0.6) is 0 Å². The molecule has 2 bridgehead atoms. The van der Waals surface area contributed by atoms with Crippen LogP contribution in [-0.4, -0.2) is 69.6 Å². The van der Waals surface area contributed by atoms with E-state index in [9.17, 15) is 19.5 Å². The summed E-state index contributed by atoms with van der Waals surface area (Å²) in [6, 6.07) is 4.63. The van der Waals surface area contributed by atoms with Crippen molar-refractivity contribution in [2.45, 2.75) is 62.6 Å². The summed E-state index contributed by atoms with van der Waals surface area (Å²) in [7, 11) is 0. The molecular weight excluding hydrogens is 452 g/mol. The van der Waals surface area contributed by atoms with Crippen LogP contribution in [0.15, 0.2) is 30.9 Å². The summed E-state index contributed by atoms with van der Waals surface area (Å²) in [5, 5.41) is 9.97. The second-order valence-corrected chi connectivity index (χ2v) is 11.2. The quantitative estimate of drug-likeness (QED) is 0.449. The number of carbonyl (C=O) groups excluding carboxylic acids is 3. The van der Waals surface area contributed by atoms with Crippen molar-refractivity contribution in [2.24, 2.45) is 11.8 Å². The Hall–Kier alpha value is -2.32. The molecule has 3 fully saturated rings. The number of nitrogens with zero attached hydrogens (tertiary/aromatic N) is 2. The summed E-state index contributed by atoms with van der Waals surface area (Å²) >= 11 is 1.60. The number of thioether (sulfide) groups is 1. The Kier molecular flexibility index (Phi) is 6.84. The molecule has 0 saturated carbocycles. The van der Waals surface area contributed by atoms with Crippen LogP contribution in [0.2, 0.25) is 0 Å². The average molecular weight is 487 g/mol. The number of anilines is 1. The molecule has 7 nitrogen and oxygen atoms in total. The van der Waals surface area contributed by atoms with Crippen molar-refractivity contribution in [3.8, 4) is 0 Å². The smallest absolute Gasteiger partial charge is 0.310 e. The molecule has 0 aromatic heterocycles. The monoisotopic (exact) mass is 486 g/mol. The Morgan fingerprint density at radius 3 is 2.79 bits per heavy atom. The van der Waals surface area contributed by atoms with Gasteiger partial charge in [-0.15, -0.1) is 18.3 Å². The van der Waals surface area contributed by atoms with Gasteiger partial charge in [0.2, 0.25) is 5.91 Å². The maximum absolute atomic E-state index is 14.4. The second-order valence-electron chi connectivity index (χ2n) is 9.61. The standard InChI is InChI=1S/C26H34N2O5S/c1-6-12-27(18-13-15(3)8-9-16(18)4)24(31)22-26-11-10-19(34-26)20(25(32)33-7-2)21(26)23(30)28(22)17(5)14-29/h6,8-9,13,17,19-22,29H,1,7,10-12,14H2,2-5H3/t17-,19-,20+,21+,22?,26?/m1/s1. The minimum Gasteiger partial charge on any atom is -0.466 e. The van der Waals surface area contributed by atoms with Gasteiger partial charge in [-0.3, -0.25) is 14.4 Å². The lowest BCUT2D eigenvalue weighted by Crippen LogP contribution is -2.57. The number of rotatable bonds is 8. The molecular formula is C26H34N2O5S. The Balaban J connectivity index is 1.82. The first-order valence-electron chi connectivity index (χ1n) is 12.0. The normalized spacial score (nSPS) is 30.3. The van der Waals surface area contributed by atoms with Crippen molar-refractivity contribution in [3.05, 3.63) is 42.0 Å². The number of likely N-dealkylation sites (tertiary alicyclic amines) is 1. The summed E-state index contributed by atoms with van der Waals surface area (Å²) in [5.41, 5.74) is 2.77. The molecule has 0 aliphatic carbocycles. The zero-order valence-corrected chi connectivity index (χ0v) is 21.1. The fourth-order valence-corrected chi connectivity index (χ4v) is 8.22. The largest absolute Gasteiger partial charge is 0.466 e. The summed E-state index contributed by atoms with van der Waals surface area (Å²) < 4.78 is 4.64. The van der Waals surface area contributed by atoms with Crippen molar-refractivity contribution in [3.63, 3.8) is 0 Å². The number of benzene rings is 1. The number of fused-ring (bicyclic) bond motifs is 1. The molecule has 1 aromatic carbocycles. The highest BCUT2D eigenvalue weighted by Gasteiger charge is 2.74. The Labute approximate surface area is 205 Å². The van der Waals surface area contributed by atoms with Gasteiger partial charge in [0.1, 0.15) is 6.04 Å². The minimum atomic E-state index is -0.776. The van der Waals surface area contributed by atoms with E-state index in [-0.39, 0.29) is 36.2 Å². The van der Waals surface area contributed by atoms with Crippen LogP contribution in [-0.2, 0) is 19.1 Å². The number of esters is 1. The number of hydrogen-bond donors (Lipinski definition) is 1. The van der Waals surface area contributed by atoms with E-state index in [4.69, 9.17) is 4.74 Å². The van der Waals surface area contributed by atoms with Crippen LogP contribution >= 0.6 is 11.8 Å². The molecule has 4 rings (SSSR count). The molecule has 184 valence electrons. The maximum Gasteiger partial charge on any atom is 0.310 e. The highest BCUT2D eigenvalue weighted by molar-refractivity contribution is 8.02. The lowest BCUT2D eigenvalue weighted by molar-refractivity contribution is -0.154. The van der Waals surface area contributed by atoms with E-state index >= 15 is 0 Å². The van der Waals surface area contributed by atoms with E-state index in [0.29, 0.717) is 13.0 Å². The van der Waals surface area contributed by atoms with Crippen molar-refractivity contribution < 1.29 is 24.2 Å². The Morgan fingerprint density at radius 1 is 1.41 bits per heavy atom. The van der Waals surface area contributed by atoms with E-state index in [0.717, 1.165) is 23.2 Å². The summed E-state index contributed by atoms with van der Waals surface area (Å²) in [5.74, 6) is -1.97. The molecule has 0 radical (unpaired) electrons. The molecule has 2 amide bonds. The highest BCUT2D eigenvalue weighted by atomic mass is 32.2. The number of aliphatic hydroxyl groups excluding tert-OH is 1. The first-order valence-corrected chi connectivity index (χ1v) is 12.9. The number of aliphatic hydroxyl groups is 1. The molecule has 34 heavy (non-hydrogen) atoms. The predicted octanol–water partition coefficient (Wildman–Crippen LogP) is 2.86. The van der Waals surface area contributed by atoms with Crippen molar-refractivity contribution in [2.75, 3.05) is 24.7 Å². The van der Waals surface area contributed by atoms with Crippen LogP contribution < -0.4 is 4.90 Å². The lowest BCUT2D eigenvalue weighted by Gasteiger charge is -2.39. The van der Waals surface area contributed by atoms with Crippen LogP contribution in [0.3, 0.4) is 0 Å². The molecule has 3 saturated heterocycles. The van der Waals surface area contributed by atoms with Gasteiger partial charge in [0.15, 0.2) is 0 Å². The SMILES string of the molecule is C=CCN(C(=O)C1N([C@H](C)CO)C(=O)[C@@H]2[C@@H](C(=O)OCC)[C@H]3CCC12S3)c1cc(C)ccc1C.